The first-order chi connectivity index (χ1) is 11.6. The lowest BCUT2D eigenvalue weighted by atomic mass is 10.2. The zero-order valence-electron chi connectivity index (χ0n) is 13.9. The number of carbonyl (C=O) groups excluding carboxylic acids is 1. The molecule has 0 aliphatic carbocycles. The fraction of sp³-hybridized carbons (Fsp3) is 0.222. The maximum absolute atomic E-state index is 12.1. The molecule has 0 spiro atoms. The van der Waals surface area contributed by atoms with Crippen LogP contribution in [0.1, 0.15) is 12.5 Å². The van der Waals surface area contributed by atoms with Gasteiger partial charge in [-0.15, -0.1) is 0 Å². The number of anilines is 1. The van der Waals surface area contributed by atoms with E-state index < -0.39 is 6.04 Å². The second-order valence-electron chi connectivity index (χ2n) is 5.07. The minimum Gasteiger partial charge on any atom is -0.497 e. The number of nitrogens with zero attached hydrogens (tertiary/aromatic N) is 1. The summed E-state index contributed by atoms with van der Waals surface area (Å²) in [6.07, 6.45) is 1.55. The van der Waals surface area contributed by atoms with Gasteiger partial charge in [-0.1, -0.05) is 12.1 Å². The number of hydrogen-bond donors (Lipinski definition) is 2. The van der Waals surface area contributed by atoms with E-state index in [1.807, 2.05) is 48.5 Å². The highest BCUT2D eigenvalue weighted by Crippen LogP contribution is 2.16. The Kier molecular flexibility index (Phi) is 6.19. The molecule has 0 radical (unpaired) electrons. The van der Waals surface area contributed by atoms with E-state index in [2.05, 4.69) is 15.8 Å². The van der Waals surface area contributed by atoms with Crippen LogP contribution < -0.4 is 20.2 Å². The first-order valence-electron chi connectivity index (χ1n) is 7.50. The molecule has 0 aliphatic rings. The first kappa shape index (κ1) is 17.3. The summed E-state index contributed by atoms with van der Waals surface area (Å²) in [6.45, 7) is 1.76. The van der Waals surface area contributed by atoms with Gasteiger partial charge in [0, 0.05) is 11.3 Å². The Morgan fingerprint density at radius 1 is 1.08 bits per heavy atom. The van der Waals surface area contributed by atoms with Gasteiger partial charge >= 0.3 is 0 Å². The Hall–Kier alpha value is -3.02. The van der Waals surface area contributed by atoms with Crippen LogP contribution in [0.2, 0.25) is 0 Å². The zero-order valence-corrected chi connectivity index (χ0v) is 13.9. The highest BCUT2D eigenvalue weighted by atomic mass is 16.5. The molecule has 0 saturated heterocycles. The summed E-state index contributed by atoms with van der Waals surface area (Å²) < 4.78 is 10.3. The van der Waals surface area contributed by atoms with Crippen LogP contribution in [0.15, 0.2) is 53.6 Å². The number of para-hydroxylation sites is 1. The van der Waals surface area contributed by atoms with Crippen molar-refractivity contribution in [3.05, 3.63) is 54.1 Å². The van der Waals surface area contributed by atoms with Crippen LogP contribution >= 0.6 is 0 Å². The number of amides is 1. The molecule has 6 nitrogen and oxygen atoms in total. The van der Waals surface area contributed by atoms with Gasteiger partial charge in [0.05, 0.1) is 20.4 Å². The Morgan fingerprint density at radius 3 is 2.46 bits per heavy atom. The summed E-state index contributed by atoms with van der Waals surface area (Å²) in [5.74, 6) is 1.22. The monoisotopic (exact) mass is 327 g/mol. The predicted molar refractivity (Wildman–Crippen MR) is 94.8 cm³/mol. The summed E-state index contributed by atoms with van der Waals surface area (Å²) in [5, 5.41) is 7.07. The third-order valence-electron chi connectivity index (χ3n) is 3.38. The van der Waals surface area contributed by atoms with Crippen LogP contribution in [0.25, 0.3) is 0 Å². The van der Waals surface area contributed by atoms with Gasteiger partial charge in [-0.25, -0.2) is 5.43 Å². The average Bonchev–Trinajstić information content (AvgIpc) is 2.62. The molecule has 0 aromatic heterocycles. The highest BCUT2D eigenvalue weighted by molar-refractivity contribution is 5.87. The normalized spacial score (nSPS) is 11.8. The molecule has 0 saturated carbocycles. The maximum Gasteiger partial charge on any atom is 0.262 e. The number of carbonyl (C=O) groups is 1. The molecule has 2 aromatic rings. The smallest absolute Gasteiger partial charge is 0.262 e. The number of nitrogens with one attached hydrogen (secondary N) is 2. The lowest BCUT2D eigenvalue weighted by Crippen LogP contribution is -2.34. The van der Waals surface area contributed by atoms with Crippen molar-refractivity contribution in [3.63, 3.8) is 0 Å². The van der Waals surface area contributed by atoms with Gasteiger partial charge in [-0.2, -0.15) is 5.10 Å². The third kappa shape index (κ3) is 4.74. The number of hydrogen-bond acceptors (Lipinski definition) is 5. The van der Waals surface area contributed by atoms with Crippen molar-refractivity contribution in [3.8, 4) is 11.5 Å². The molecular weight excluding hydrogens is 306 g/mol. The summed E-state index contributed by atoms with van der Waals surface area (Å²) in [5.41, 5.74) is 4.13. The van der Waals surface area contributed by atoms with E-state index in [-0.39, 0.29) is 5.91 Å². The first-order valence-corrected chi connectivity index (χ1v) is 7.50. The van der Waals surface area contributed by atoms with E-state index in [4.69, 9.17) is 9.47 Å². The fourth-order valence-corrected chi connectivity index (χ4v) is 2.04. The molecule has 0 heterocycles. The van der Waals surface area contributed by atoms with E-state index in [0.717, 1.165) is 17.0 Å². The van der Waals surface area contributed by atoms with Crippen LogP contribution in [0.3, 0.4) is 0 Å². The van der Waals surface area contributed by atoms with Gasteiger partial charge in [-0.05, 0) is 43.3 Å². The van der Waals surface area contributed by atoms with Crippen LogP contribution in [0.4, 0.5) is 5.69 Å². The van der Waals surface area contributed by atoms with Crippen LogP contribution in [0.5, 0.6) is 11.5 Å². The molecule has 2 N–H and O–H groups in total. The molecule has 6 heteroatoms. The van der Waals surface area contributed by atoms with E-state index in [1.54, 1.807) is 27.4 Å². The molecule has 1 unspecified atom stereocenters. The van der Waals surface area contributed by atoms with E-state index >= 15 is 0 Å². The third-order valence-corrected chi connectivity index (χ3v) is 3.38. The van der Waals surface area contributed by atoms with Crippen molar-refractivity contribution in [2.75, 3.05) is 19.5 Å². The number of hydrazone groups is 1. The minimum absolute atomic E-state index is 0.239. The SMILES string of the molecule is COc1ccc(NC(C)C(=O)NN=Cc2ccccc2OC)cc1. The molecule has 2 aromatic carbocycles. The quantitative estimate of drug-likeness (QED) is 0.606. The van der Waals surface area contributed by atoms with Gasteiger partial charge in [0.15, 0.2) is 0 Å². The summed E-state index contributed by atoms with van der Waals surface area (Å²) in [4.78, 5) is 12.1. The van der Waals surface area contributed by atoms with E-state index in [0.29, 0.717) is 5.75 Å². The fourth-order valence-electron chi connectivity index (χ4n) is 2.04. The van der Waals surface area contributed by atoms with Crippen molar-refractivity contribution in [2.45, 2.75) is 13.0 Å². The van der Waals surface area contributed by atoms with Gasteiger partial charge in [0.2, 0.25) is 0 Å². The standard InChI is InChI=1S/C18H21N3O3/c1-13(20-15-8-10-16(23-2)11-9-15)18(22)21-19-12-14-6-4-5-7-17(14)24-3/h4-13,20H,1-3H3,(H,21,22). The van der Waals surface area contributed by atoms with Crippen molar-refractivity contribution in [2.24, 2.45) is 5.10 Å². The summed E-state index contributed by atoms with van der Waals surface area (Å²) >= 11 is 0. The lowest BCUT2D eigenvalue weighted by molar-refractivity contribution is -0.121. The van der Waals surface area contributed by atoms with Gasteiger partial charge in [0.1, 0.15) is 17.5 Å². The highest BCUT2D eigenvalue weighted by Gasteiger charge is 2.11. The second kappa shape index (κ2) is 8.57. The number of ether oxygens (including phenoxy) is 2. The van der Waals surface area contributed by atoms with Gasteiger partial charge < -0.3 is 14.8 Å². The maximum atomic E-state index is 12.1. The topological polar surface area (TPSA) is 72.0 Å². The number of methoxy groups -OCH3 is 2. The second-order valence-corrected chi connectivity index (χ2v) is 5.07. The molecule has 1 amide bonds. The Balaban J connectivity index is 1.90. The largest absolute Gasteiger partial charge is 0.497 e. The summed E-state index contributed by atoms with van der Waals surface area (Å²) in [7, 11) is 3.20. The van der Waals surface area contributed by atoms with Crippen LogP contribution in [-0.2, 0) is 4.79 Å². The summed E-state index contributed by atoms with van der Waals surface area (Å²) in [6, 6.07) is 14.3. The van der Waals surface area contributed by atoms with Crippen molar-refractivity contribution in [1.82, 2.24) is 5.43 Å². The Labute approximate surface area is 141 Å². The van der Waals surface area contributed by atoms with Crippen molar-refractivity contribution >= 4 is 17.8 Å². The Morgan fingerprint density at radius 2 is 1.79 bits per heavy atom. The van der Waals surface area contributed by atoms with Gasteiger partial charge in [0.25, 0.3) is 5.91 Å². The molecule has 0 bridgehead atoms. The molecule has 2 rings (SSSR count). The number of rotatable bonds is 7. The predicted octanol–water partition coefficient (Wildman–Crippen LogP) is 2.65. The number of benzene rings is 2. The molecule has 126 valence electrons. The molecule has 1 atom stereocenters. The van der Waals surface area contributed by atoms with Crippen molar-refractivity contribution in [1.29, 1.82) is 0 Å². The lowest BCUT2D eigenvalue weighted by Gasteiger charge is -2.13. The zero-order chi connectivity index (χ0) is 17.4. The van der Waals surface area contributed by atoms with Gasteiger partial charge in [-0.3, -0.25) is 4.79 Å². The van der Waals surface area contributed by atoms with E-state index in [1.165, 1.54) is 0 Å². The van der Waals surface area contributed by atoms with Crippen LogP contribution in [0, 0.1) is 0 Å². The molecule has 0 aliphatic heterocycles. The van der Waals surface area contributed by atoms with Crippen molar-refractivity contribution < 1.29 is 14.3 Å². The Bertz CT molecular complexity index is 699. The molecular formula is C18H21N3O3. The molecule has 0 fully saturated rings. The van der Waals surface area contributed by atoms with E-state index in [9.17, 15) is 4.79 Å². The average molecular weight is 327 g/mol. The minimum atomic E-state index is -0.437. The molecule has 24 heavy (non-hydrogen) atoms. The van der Waals surface area contributed by atoms with Crippen LogP contribution in [-0.4, -0.2) is 32.4 Å².